The van der Waals surface area contributed by atoms with Gasteiger partial charge >= 0.3 is 5.91 Å². The molecule has 1 unspecified atom stereocenters. The number of carbonyl (C=O) groups is 2. The third kappa shape index (κ3) is 5.32. The SMILES string of the molecule is CCOc1ccc(/C(O)=C2/C(=O)C(=O)N(c3nnc(SCc4ccc(Cl)cc4Cl)s3)C2c2cccs2)cc1. The Bertz CT molecular complexity index is 1520. The molecule has 5 rings (SSSR count). The zero-order chi connectivity index (χ0) is 26.8. The first-order chi connectivity index (χ1) is 18.4. The Balaban J connectivity index is 1.47. The van der Waals surface area contributed by atoms with Gasteiger partial charge in [0.05, 0.1) is 12.2 Å². The predicted molar refractivity (Wildman–Crippen MR) is 153 cm³/mol. The predicted octanol–water partition coefficient (Wildman–Crippen LogP) is 7.22. The summed E-state index contributed by atoms with van der Waals surface area (Å²) in [6, 6.07) is 14.8. The van der Waals surface area contributed by atoms with Crippen LogP contribution in [-0.4, -0.2) is 33.6 Å². The third-order valence-corrected chi connectivity index (χ3v) is 9.28. The molecule has 1 aliphatic rings. The minimum absolute atomic E-state index is 0.000964. The Kier molecular flexibility index (Phi) is 8.06. The van der Waals surface area contributed by atoms with E-state index in [4.69, 9.17) is 27.9 Å². The van der Waals surface area contributed by atoms with Gasteiger partial charge in [-0.05, 0) is 60.3 Å². The van der Waals surface area contributed by atoms with Crippen LogP contribution < -0.4 is 9.64 Å². The van der Waals surface area contributed by atoms with E-state index in [0.717, 1.165) is 5.56 Å². The Morgan fingerprint density at radius 3 is 2.61 bits per heavy atom. The second-order valence-corrected chi connectivity index (χ2v) is 12.0. The molecule has 4 aromatic rings. The van der Waals surface area contributed by atoms with Gasteiger partial charge in [-0.15, -0.1) is 21.5 Å². The van der Waals surface area contributed by atoms with Crippen LogP contribution in [-0.2, 0) is 15.3 Å². The molecule has 38 heavy (non-hydrogen) atoms. The van der Waals surface area contributed by atoms with Crippen LogP contribution in [0.15, 0.2) is 69.9 Å². The molecule has 1 atom stereocenters. The van der Waals surface area contributed by atoms with Gasteiger partial charge in [-0.25, -0.2) is 0 Å². The van der Waals surface area contributed by atoms with Crippen molar-refractivity contribution in [3.05, 3.63) is 91.6 Å². The average Bonchev–Trinajstić information content (AvgIpc) is 3.65. The van der Waals surface area contributed by atoms with Crippen LogP contribution in [0.25, 0.3) is 5.76 Å². The first kappa shape index (κ1) is 26.7. The molecule has 2 aromatic heterocycles. The fourth-order valence-corrected chi connectivity index (χ4v) is 7.16. The molecule has 0 aliphatic carbocycles. The van der Waals surface area contributed by atoms with Gasteiger partial charge in [-0.2, -0.15) is 0 Å². The van der Waals surface area contributed by atoms with E-state index in [1.807, 2.05) is 30.5 Å². The molecular weight excluding hydrogens is 585 g/mol. The van der Waals surface area contributed by atoms with Crippen LogP contribution >= 0.6 is 57.6 Å². The quantitative estimate of drug-likeness (QED) is 0.0746. The van der Waals surface area contributed by atoms with Crippen LogP contribution in [0.5, 0.6) is 5.75 Å². The molecule has 2 aromatic carbocycles. The number of ketones is 1. The van der Waals surface area contributed by atoms with Crippen LogP contribution in [0, 0.1) is 0 Å². The highest BCUT2D eigenvalue weighted by molar-refractivity contribution is 8.00. The number of thiophene rings is 1. The maximum atomic E-state index is 13.3. The zero-order valence-electron chi connectivity index (χ0n) is 19.8. The molecule has 1 N–H and O–H groups in total. The van der Waals surface area contributed by atoms with Crippen molar-refractivity contribution in [1.29, 1.82) is 0 Å². The average molecular weight is 605 g/mol. The van der Waals surface area contributed by atoms with Gasteiger partial charge in [0.15, 0.2) is 4.34 Å². The lowest BCUT2D eigenvalue weighted by Gasteiger charge is -2.20. The molecule has 1 amide bonds. The van der Waals surface area contributed by atoms with E-state index in [9.17, 15) is 14.7 Å². The van der Waals surface area contributed by atoms with Gasteiger partial charge in [0.25, 0.3) is 5.78 Å². The number of hydrogen-bond acceptors (Lipinski definition) is 9. The van der Waals surface area contributed by atoms with Gasteiger partial charge < -0.3 is 9.84 Å². The summed E-state index contributed by atoms with van der Waals surface area (Å²) in [5.41, 5.74) is 1.28. The van der Waals surface area contributed by atoms with Gasteiger partial charge in [0.1, 0.15) is 17.6 Å². The Labute approximate surface area is 240 Å². The Morgan fingerprint density at radius 1 is 1.13 bits per heavy atom. The van der Waals surface area contributed by atoms with Crippen molar-refractivity contribution in [1.82, 2.24) is 10.2 Å². The van der Waals surface area contributed by atoms with Crippen molar-refractivity contribution >= 4 is 80.2 Å². The number of anilines is 1. The number of amides is 1. The molecule has 0 bridgehead atoms. The number of thioether (sulfide) groups is 1. The maximum absolute atomic E-state index is 13.3. The van der Waals surface area contributed by atoms with Crippen molar-refractivity contribution in [2.24, 2.45) is 0 Å². The lowest BCUT2D eigenvalue weighted by Crippen LogP contribution is -2.29. The molecule has 1 saturated heterocycles. The van der Waals surface area contributed by atoms with Crippen LogP contribution in [0.1, 0.15) is 29.0 Å². The number of Topliss-reactive ketones (excluding diaryl/α,β-unsaturated/α-hetero) is 1. The minimum Gasteiger partial charge on any atom is -0.507 e. The van der Waals surface area contributed by atoms with Crippen LogP contribution in [0.2, 0.25) is 10.0 Å². The lowest BCUT2D eigenvalue weighted by atomic mass is 10.00. The largest absolute Gasteiger partial charge is 0.507 e. The summed E-state index contributed by atoms with van der Waals surface area (Å²) in [5, 5.41) is 22.9. The van der Waals surface area contributed by atoms with Gasteiger partial charge in [0.2, 0.25) is 5.13 Å². The van der Waals surface area contributed by atoms with Crippen LogP contribution in [0.4, 0.5) is 5.13 Å². The molecule has 12 heteroatoms. The maximum Gasteiger partial charge on any atom is 0.301 e. The zero-order valence-corrected chi connectivity index (χ0v) is 23.7. The number of aliphatic hydroxyl groups excluding tert-OH is 1. The van der Waals surface area contributed by atoms with E-state index in [0.29, 0.717) is 42.9 Å². The Hall–Kier alpha value is -2.89. The highest BCUT2D eigenvalue weighted by atomic mass is 35.5. The molecule has 194 valence electrons. The van der Waals surface area contributed by atoms with E-state index in [-0.39, 0.29) is 16.5 Å². The summed E-state index contributed by atoms with van der Waals surface area (Å²) in [6.45, 7) is 2.38. The third-order valence-electron chi connectivity index (χ3n) is 5.66. The topological polar surface area (TPSA) is 92.6 Å². The van der Waals surface area contributed by atoms with Gasteiger partial charge in [-0.3, -0.25) is 14.5 Å². The monoisotopic (exact) mass is 603 g/mol. The van der Waals surface area contributed by atoms with E-state index < -0.39 is 17.7 Å². The first-order valence-electron chi connectivity index (χ1n) is 11.3. The van der Waals surface area contributed by atoms with E-state index >= 15 is 0 Å². The van der Waals surface area contributed by atoms with Crippen molar-refractivity contribution in [2.75, 3.05) is 11.5 Å². The first-order valence-corrected chi connectivity index (χ1v) is 14.8. The second kappa shape index (κ2) is 11.5. The van der Waals surface area contributed by atoms with Gasteiger partial charge in [-0.1, -0.05) is 58.4 Å². The molecule has 0 radical (unpaired) electrons. The number of ether oxygens (including phenoxy) is 1. The number of rotatable bonds is 8. The number of aromatic nitrogens is 2. The standard InChI is InChI=1S/C26H19Cl2N3O4S3/c1-2-35-17-9-6-14(7-10-17)22(32)20-21(19-4-3-11-36-19)31(24(34)23(20)33)25-29-30-26(38-25)37-13-15-5-8-16(27)12-18(15)28/h3-12,21,32H,2,13H2,1H3/b22-20-. The minimum atomic E-state index is -0.835. The highest BCUT2D eigenvalue weighted by Crippen LogP contribution is 2.45. The number of carbonyl (C=O) groups excluding carboxylic acids is 2. The lowest BCUT2D eigenvalue weighted by molar-refractivity contribution is -0.132. The summed E-state index contributed by atoms with van der Waals surface area (Å²) in [4.78, 5) is 28.6. The molecule has 0 spiro atoms. The summed E-state index contributed by atoms with van der Waals surface area (Å²) in [7, 11) is 0. The summed E-state index contributed by atoms with van der Waals surface area (Å²) < 4.78 is 6.07. The van der Waals surface area contributed by atoms with Crippen molar-refractivity contribution in [3.8, 4) is 5.75 Å². The molecule has 1 fully saturated rings. The van der Waals surface area contributed by atoms with E-state index in [2.05, 4.69) is 10.2 Å². The Morgan fingerprint density at radius 2 is 1.92 bits per heavy atom. The summed E-state index contributed by atoms with van der Waals surface area (Å²) >= 11 is 16.2. The summed E-state index contributed by atoms with van der Waals surface area (Å²) in [6.07, 6.45) is 0. The van der Waals surface area contributed by atoms with Crippen LogP contribution in [0.3, 0.4) is 0 Å². The number of halogens is 2. The molecule has 0 saturated carbocycles. The molecule has 7 nitrogen and oxygen atoms in total. The molecule has 3 heterocycles. The van der Waals surface area contributed by atoms with E-state index in [1.165, 1.54) is 39.3 Å². The number of aliphatic hydroxyl groups is 1. The van der Waals surface area contributed by atoms with E-state index in [1.54, 1.807) is 36.4 Å². The highest BCUT2D eigenvalue weighted by Gasteiger charge is 2.48. The van der Waals surface area contributed by atoms with Crippen molar-refractivity contribution in [2.45, 2.75) is 23.1 Å². The second-order valence-electron chi connectivity index (χ2n) is 8.02. The number of nitrogens with zero attached hydrogens (tertiary/aromatic N) is 3. The fraction of sp³-hybridized carbons (Fsp3) is 0.154. The normalized spacial score (nSPS) is 16.8. The molecular formula is C26H19Cl2N3O4S3. The number of hydrogen-bond donors (Lipinski definition) is 1. The smallest absolute Gasteiger partial charge is 0.301 e. The van der Waals surface area contributed by atoms with Crippen molar-refractivity contribution in [3.63, 3.8) is 0 Å². The molecule has 1 aliphatic heterocycles. The van der Waals surface area contributed by atoms with Gasteiger partial charge in [0, 0.05) is 26.2 Å². The number of benzene rings is 2. The van der Waals surface area contributed by atoms with Crippen molar-refractivity contribution < 1.29 is 19.4 Å². The summed E-state index contributed by atoms with van der Waals surface area (Å²) in [5.74, 6) is -0.659. The fourth-order valence-electron chi connectivity index (χ4n) is 3.91.